The Morgan fingerprint density at radius 2 is 1.77 bits per heavy atom. The maximum Gasteiger partial charge on any atom is 0.238 e. The minimum Gasteiger partial charge on any atom is -0.325 e. The van der Waals surface area contributed by atoms with Crippen molar-refractivity contribution < 1.29 is 4.79 Å². The number of carbonyl (C=O) groups is 1. The third-order valence-corrected chi connectivity index (χ3v) is 6.97. The summed E-state index contributed by atoms with van der Waals surface area (Å²) < 4.78 is 1.21. The highest BCUT2D eigenvalue weighted by molar-refractivity contribution is 7.18. The first-order chi connectivity index (χ1) is 15.3. The van der Waals surface area contributed by atoms with Gasteiger partial charge in [0.05, 0.1) is 22.8 Å². The molecule has 2 heterocycles. The molecule has 1 aromatic heterocycles. The molecule has 5 heteroatoms. The van der Waals surface area contributed by atoms with Crippen LogP contribution in [0.25, 0.3) is 10.2 Å². The average molecular weight is 428 g/mol. The van der Waals surface area contributed by atoms with E-state index in [0.717, 1.165) is 47.6 Å². The van der Waals surface area contributed by atoms with Crippen LogP contribution in [0.1, 0.15) is 35.0 Å². The number of para-hydroxylation sites is 2. The Balaban J connectivity index is 1.28. The number of nitrogens with one attached hydrogen (secondary N) is 1. The minimum absolute atomic E-state index is 0.0357. The van der Waals surface area contributed by atoms with Crippen LogP contribution >= 0.6 is 11.3 Å². The molecule has 1 saturated heterocycles. The first-order valence-electron chi connectivity index (χ1n) is 10.8. The number of thiazole rings is 1. The zero-order chi connectivity index (χ0) is 21.0. The normalized spacial score (nSPS) is 16.6. The number of benzene rings is 3. The quantitative estimate of drug-likeness (QED) is 0.432. The van der Waals surface area contributed by atoms with Crippen molar-refractivity contribution in [3.63, 3.8) is 0 Å². The second-order valence-corrected chi connectivity index (χ2v) is 9.08. The van der Waals surface area contributed by atoms with Gasteiger partial charge in [-0.25, -0.2) is 4.98 Å². The number of amides is 1. The highest BCUT2D eigenvalue weighted by Gasteiger charge is 2.30. The van der Waals surface area contributed by atoms with Crippen molar-refractivity contribution in [3.05, 3.63) is 95.0 Å². The maximum atomic E-state index is 13.0. The molecular formula is C26H25N3OS. The second-order valence-electron chi connectivity index (χ2n) is 8.02. The van der Waals surface area contributed by atoms with Crippen molar-refractivity contribution in [2.45, 2.75) is 25.3 Å². The number of rotatable bonds is 6. The Kier molecular flexibility index (Phi) is 5.78. The Bertz CT molecular complexity index is 1150. The number of hydrogen-bond donors (Lipinski definition) is 1. The van der Waals surface area contributed by atoms with Crippen LogP contribution in [-0.2, 0) is 11.2 Å². The second kappa shape index (κ2) is 9.00. The van der Waals surface area contributed by atoms with E-state index in [4.69, 9.17) is 4.98 Å². The first-order valence-corrected chi connectivity index (χ1v) is 11.6. The summed E-state index contributed by atoms with van der Waals surface area (Å²) in [4.78, 5) is 20.1. The van der Waals surface area contributed by atoms with Gasteiger partial charge in [-0.05, 0) is 55.1 Å². The van der Waals surface area contributed by atoms with Crippen molar-refractivity contribution in [2.24, 2.45) is 0 Å². The van der Waals surface area contributed by atoms with E-state index in [0.29, 0.717) is 6.54 Å². The highest BCUT2D eigenvalue weighted by atomic mass is 32.1. The van der Waals surface area contributed by atoms with E-state index in [1.54, 1.807) is 11.3 Å². The first kappa shape index (κ1) is 19.9. The van der Waals surface area contributed by atoms with E-state index in [-0.39, 0.29) is 11.9 Å². The third kappa shape index (κ3) is 4.53. The van der Waals surface area contributed by atoms with Crippen LogP contribution in [-0.4, -0.2) is 28.9 Å². The molecule has 3 aromatic carbocycles. The number of hydrogen-bond acceptors (Lipinski definition) is 4. The molecule has 1 amide bonds. The number of fused-ring (bicyclic) bond motifs is 1. The van der Waals surface area contributed by atoms with Crippen LogP contribution in [0.15, 0.2) is 78.9 Å². The SMILES string of the molecule is O=C(CN1CCC[C@@H]1c1nc2ccccc2s1)Nc1ccccc1Cc1ccccc1. The van der Waals surface area contributed by atoms with Gasteiger partial charge in [-0.1, -0.05) is 60.7 Å². The van der Waals surface area contributed by atoms with Gasteiger partial charge < -0.3 is 5.32 Å². The van der Waals surface area contributed by atoms with Gasteiger partial charge >= 0.3 is 0 Å². The predicted molar refractivity (Wildman–Crippen MR) is 127 cm³/mol. The molecule has 1 aliphatic rings. The molecule has 0 spiro atoms. The molecule has 156 valence electrons. The summed E-state index contributed by atoms with van der Waals surface area (Å²) in [6.45, 7) is 1.32. The fourth-order valence-corrected chi connectivity index (χ4v) is 5.45. The van der Waals surface area contributed by atoms with Crippen LogP contribution in [0.2, 0.25) is 0 Å². The van der Waals surface area contributed by atoms with Gasteiger partial charge in [0.25, 0.3) is 0 Å². The Hall–Kier alpha value is -3.02. The van der Waals surface area contributed by atoms with Gasteiger partial charge in [-0.15, -0.1) is 11.3 Å². The fraction of sp³-hybridized carbons (Fsp3) is 0.231. The van der Waals surface area contributed by atoms with E-state index < -0.39 is 0 Å². The molecular weight excluding hydrogens is 402 g/mol. The number of carbonyl (C=O) groups excluding carboxylic acids is 1. The topological polar surface area (TPSA) is 45.2 Å². The van der Waals surface area contributed by atoms with E-state index in [1.807, 2.05) is 42.5 Å². The highest BCUT2D eigenvalue weighted by Crippen LogP contribution is 2.36. The third-order valence-electron chi connectivity index (χ3n) is 5.83. The van der Waals surface area contributed by atoms with Crippen molar-refractivity contribution in [1.29, 1.82) is 0 Å². The molecule has 1 fully saturated rings. The van der Waals surface area contributed by atoms with Gasteiger partial charge in [-0.3, -0.25) is 9.69 Å². The summed E-state index contributed by atoms with van der Waals surface area (Å²) in [5.74, 6) is 0.0357. The largest absolute Gasteiger partial charge is 0.325 e. The van der Waals surface area contributed by atoms with Gasteiger partial charge in [0.1, 0.15) is 5.01 Å². The zero-order valence-electron chi connectivity index (χ0n) is 17.3. The average Bonchev–Trinajstić information content (AvgIpc) is 3.42. The lowest BCUT2D eigenvalue weighted by atomic mass is 10.0. The molecule has 0 aliphatic carbocycles. The van der Waals surface area contributed by atoms with Crippen LogP contribution in [0.4, 0.5) is 5.69 Å². The molecule has 0 saturated carbocycles. The van der Waals surface area contributed by atoms with Crippen LogP contribution in [0.5, 0.6) is 0 Å². The van der Waals surface area contributed by atoms with Gasteiger partial charge in [0, 0.05) is 5.69 Å². The van der Waals surface area contributed by atoms with E-state index >= 15 is 0 Å². The summed E-state index contributed by atoms with van der Waals surface area (Å²) in [5.41, 5.74) is 4.31. The van der Waals surface area contributed by atoms with Crippen LogP contribution in [0.3, 0.4) is 0 Å². The van der Waals surface area contributed by atoms with Crippen molar-refractivity contribution in [2.75, 3.05) is 18.4 Å². The zero-order valence-corrected chi connectivity index (χ0v) is 18.1. The summed E-state index contributed by atoms with van der Waals surface area (Å²) in [6.07, 6.45) is 2.95. The van der Waals surface area contributed by atoms with Crippen molar-refractivity contribution in [1.82, 2.24) is 9.88 Å². The molecule has 4 nitrogen and oxygen atoms in total. The summed E-state index contributed by atoms with van der Waals surface area (Å²) in [5, 5.41) is 4.28. The Labute approximate surface area is 186 Å². The van der Waals surface area contributed by atoms with Gasteiger partial charge in [-0.2, -0.15) is 0 Å². The molecule has 1 N–H and O–H groups in total. The van der Waals surface area contributed by atoms with Crippen molar-refractivity contribution in [3.8, 4) is 0 Å². The monoisotopic (exact) mass is 427 g/mol. The molecule has 4 aromatic rings. The molecule has 0 unspecified atom stereocenters. The molecule has 0 radical (unpaired) electrons. The standard InChI is InChI=1S/C26H25N3OS/c30-25(27-21-12-5-4-11-20(21)17-19-9-2-1-3-10-19)18-29-16-8-14-23(29)26-28-22-13-6-7-15-24(22)31-26/h1-7,9-13,15,23H,8,14,16-18H2,(H,27,30)/t23-/m1/s1. The fourth-order valence-electron chi connectivity index (χ4n) is 4.31. The van der Waals surface area contributed by atoms with E-state index in [2.05, 4.69) is 46.6 Å². The molecule has 31 heavy (non-hydrogen) atoms. The Morgan fingerprint density at radius 3 is 2.65 bits per heavy atom. The summed E-state index contributed by atoms with van der Waals surface area (Å²) in [6, 6.07) is 26.9. The summed E-state index contributed by atoms with van der Waals surface area (Å²) >= 11 is 1.75. The minimum atomic E-state index is 0.0357. The van der Waals surface area contributed by atoms with E-state index in [1.165, 1.54) is 10.3 Å². The molecule has 0 bridgehead atoms. The Morgan fingerprint density at radius 1 is 1.00 bits per heavy atom. The maximum absolute atomic E-state index is 13.0. The number of aromatic nitrogens is 1. The number of likely N-dealkylation sites (tertiary alicyclic amines) is 1. The smallest absolute Gasteiger partial charge is 0.238 e. The van der Waals surface area contributed by atoms with Gasteiger partial charge in [0.2, 0.25) is 5.91 Å². The molecule has 5 rings (SSSR count). The molecule has 1 atom stereocenters. The molecule has 1 aliphatic heterocycles. The summed E-state index contributed by atoms with van der Waals surface area (Å²) in [7, 11) is 0. The van der Waals surface area contributed by atoms with E-state index in [9.17, 15) is 4.79 Å². The lowest BCUT2D eigenvalue weighted by molar-refractivity contribution is -0.117. The van der Waals surface area contributed by atoms with Crippen molar-refractivity contribution >= 4 is 33.1 Å². The van der Waals surface area contributed by atoms with Gasteiger partial charge in [0.15, 0.2) is 0 Å². The lowest BCUT2D eigenvalue weighted by Gasteiger charge is -2.22. The number of nitrogens with zero attached hydrogens (tertiary/aromatic N) is 2. The predicted octanol–water partition coefficient (Wildman–Crippen LogP) is 5.66. The van der Waals surface area contributed by atoms with Crippen LogP contribution in [0, 0.1) is 0 Å². The van der Waals surface area contributed by atoms with Crippen LogP contribution < -0.4 is 5.32 Å². The number of anilines is 1. The lowest BCUT2D eigenvalue weighted by Crippen LogP contribution is -2.33.